The van der Waals surface area contributed by atoms with Crippen molar-refractivity contribution in [1.29, 1.82) is 0 Å². The fourth-order valence-corrected chi connectivity index (χ4v) is 5.42. The minimum atomic E-state index is 0.764. The Labute approximate surface area is 142 Å². The molecule has 0 saturated carbocycles. The quantitative estimate of drug-likeness (QED) is 0.732. The summed E-state index contributed by atoms with van der Waals surface area (Å²) in [5.41, 5.74) is 2.40. The van der Waals surface area contributed by atoms with E-state index in [-0.39, 0.29) is 0 Å². The van der Waals surface area contributed by atoms with Gasteiger partial charge in [-0.25, -0.2) is 15.0 Å². The number of aromatic nitrogens is 5. The molecule has 3 aromatic rings. The molecule has 5 nitrogen and oxygen atoms in total. The fourth-order valence-electron chi connectivity index (χ4n) is 3.29. The topological polar surface area (TPSA) is 48.5 Å². The number of imidazole rings is 2. The van der Waals surface area contributed by atoms with E-state index in [1.54, 1.807) is 0 Å². The SMILES string of the molecule is c1cn(Cc2cn3c(n2)SCC3)c(-c2nc3c(s2)CCCC3)n1. The van der Waals surface area contributed by atoms with Crippen molar-refractivity contribution in [3.63, 3.8) is 0 Å². The molecule has 1 aliphatic carbocycles. The molecule has 0 saturated heterocycles. The second-order valence-corrected chi connectivity index (χ2v) is 8.18. The summed E-state index contributed by atoms with van der Waals surface area (Å²) < 4.78 is 4.42. The molecular formula is C16H17N5S2. The average Bonchev–Trinajstić information content (AvgIpc) is 3.29. The predicted molar refractivity (Wildman–Crippen MR) is 92.0 cm³/mol. The summed E-state index contributed by atoms with van der Waals surface area (Å²) in [5.74, 6) is 2.12. The molecule has 118 valence electrons. The molecule has 0 amide bonds. The summed E-state index contributed by atoms with van der Waals surface area (Å²) in [6, 6.07) is 0. The lowest BCUT2D eigenvalue weighted by Crippen LogP contribution is -2.02. The molecule has 0 unspecified atom stereocenters. The molecule has 0 N–H and O–H groups in total. The maximum absolute atomic E-state index is 4.85. The third-order valence-corrected chi connectivity index (χ3v) is 6.56. The van der Waals surface area contributed by atoms with Crippen molar-refractivity contribution in [3.05, 3.63) is 34.9 Å². The Morgan fingerprint density at radius 3 is 3.04 bits per heavy atom. The van der Waals surface area contributed by atoms with Gasteiger partial charge >= 0.3 is 0 Å². The van der Waals surface area contributed by atoms with Gasteiger partial charge in [0.15, 0.2) is 16.0 Å². The van der Waals surface area contributed by atoms with Crippen molar-refractivity contribution in [2.45, 2.75) is 43.9 Å². The summed E-state index contributed by atoms with van der Waals surface area (Å²) >= 11 is 3.65. The number of thioether (sulfide) groups is 1. The molecule has 0 spiro atoms. The summed E-state index contributed by atoms with van der Waals surface area (Å²) in [5, 5.41) is 2.20. The van der Waals surface area contributed by atoms with Gasteiger partial charge in [0, 0.05) is 35.8 Å². The van der Waals surface area contributed by atoms with Gasteiger partial charge in [0.25, 0.3) is 0 Å². The van der Waals surface area contributed by atoms with E-state index in [4.69, 9.17) is 9.97 Å². The van der Waals surface area contributed by atoms with Gasteiger partial charge in [0.1, 0.15) is 0 Å². The number of aryl methyl sites for hydroxylation is 3. The first-order valence-corrected chi connectivity index (χ1v) is 9.86. The van der Waals surface area contributed by atoms with Crippen LogP contribution in [-0.2, 0) is 25.9 Å². The van der Waals surface area contributed by atoms with Crippen LogP contribution in [0.25, 0.3) is 10.8 Å². The van der Waals surface area contributed by atoms with Crippen molar-refractivity contribution in [2.75, 3.05) is 5.75 Å². The third-order valence-electron chi connectivity index (χ3n) is 4.44. The highest BCUT2D eigenvalue weighted by Crippen LogP contribution is 2.32. The summed E-state index contributed by atoms with van der Waals surface area (Å²) in [4.78, 5) is 15.6. The number of hydrogen-bond donors (Lipinski definition) is 0. The maximum atomic E-state index is 4.85. The van der Waals surface area contributed by atoms with Crippen LogP contribution < -0.4 is 0 Å². The van der Waals surface area contributed by atoms with Crippen molar-refractivity contribution in [3.8, 4) is 10.8 Å². The number of hydrogen-bond acceptors (Lipinski definition) is 5. The second-order valence-electron chi connectivity index (χ2n) is 6.03. The van der Waals surface area contributed by atoms with E-state index in [1.165, 1.54) is 29.8 Å². The fraction of sp³-hybridized carbons (Fsp3) is 0.438. The first-order chi connectivity index (χ1) is 11.4. The number of thiazole rings is 1. The van der Waals surface area contributed by atoms with Gasteiger partial charge in [0.2, 0.25) is 0 Å². The molecular weight excluding hydrogens is 326 g/mol. The van der Waals surface area contributed by atoms with Gasteiger partial charge in [0.05, 0.1) is 17.9 Å². The van der Waals surface area contributed by atoms with E-state index in [9.17, 15) is 0 Å². The molecule has 0 bridgehead atoms. The van der Waals surface area contributed by atoms with Gasteiger partial charge < -0.3 is 9.13 Å². The van der Waals surface area contributed by atoms with Gasteiger partial charge in [-0.3, -0.25) is 0 Å². The Kier molecular flexibility index (Phi) is 3.29. The number of nitrogens with zero attached hydrogens (tertiary/aromatic N) is 5. The second kappa shape index (κ2) is 5.49. The zero-order valence-electron chi connectivity index (χ0n) is 12.7. The Morgan fingerprint density at radius 1 is 1.17 bits per heavy atom. The van der Waals surface area contributed by atoms with Crippen LogP contribution in [-0.4, -0.2) is 29.8 Å². The van der Waals surface area contributed by atoms with Crippen LogP contribution in [0.3, 0.4) is 0 Å². The molecule has 0 atom stereocenters. The molecule has 4 heterocycles. The Balaban J connectivity index is 1.46. The van der Waals surface area contributed by atoms with Gasteiger partial charge in [-0.15, -0.1) is 11.3 Å². The predicted octanol–water partition coefficient (Wildman–Crippen LogP) is 3.24. The Morgan fingerprint density at radius 2 is 2.13 bits per heavy atom. The highest BCUT2D eigenvalue weighted by Gasteiger charge is 2.20. The van der Waals surface area contributed by atoms with Crippen LogP contribution in [0.15, 0.2) is 23.7 Å². The number of fused-ring (bicyclic) bond motifs is 2. The van der Waals surface area contributed by atoms with Gasteiger partial charge in [-0.05, 0) is 25.7 Å². The highest BCUT2D eigenvalue weighted by molar-refractivity contribution is 7.99. The first kappa shape index (κ1) is 13.8. The van der Waals surface area contributed by atoms with Crippen LogP contribution >= 0.6 is 23.1 Å². The molecule has 7 heteroatoms. The van der Waals surface area contributed by atoms with Gasteiger partial charge in [-0.2, -0.15) is 0 Å². The van der Waals surface area contributed by atoms with Crippen molar-refractivity contribution in [2.24, 2.45) is 0 Å². The molecule has 2 aliphatic rings. The molecule has 0 fully saturated rings. The van der Waals surface area contributed by atoms with E-state index in [0.29, 0.717) is 0 Å². The molecule has 0 aromatic carbocycles. The summed E-state index contributed by atoms with van der Waals surface area (Å²) in [6.07, 6.45) is 10.9. The van der Waals surface area contributed by atoms with E-state index in [0.717, 1.165) is 46.9 Å². The van der Waals surface area contributed by atoms with Crippen LogP contribution in [0.4, 0.5) is 0 Å². The molecule has 1 aliphatic heterocycles. The highest BCUT2D eigenvalue weighted by atomic mass is 32.2. The first-order valence-electron chi connectivity index (χ1n) is 8.06. The smallest absolute Gasteiger partial charge is 0.169 e. The molecule has 5 rings (SSSR count). The monoisotopic (exact) mass is 343 g/mol. The Hall–Kier alpha value is -1.60. The lowest BCUT2D eigenvalue weighted by atomic mass is 10.0. The lowest BCUT2D eigenvalue weighted by Gasteiger charge is -2.06. The van der Waals surface area contributed by atoms with Crippen LogP contribution in [0.5, 0.6) is 0 Å². The average molecular weight is 343 g/mol. The minimum Gasteiger partial charge on any atom is -0.325 e. The van der Waals surface area contributed by atoms with Crippen molar-refractivity contribution >= 4 is 23.1 Å². The summed E-state index contributed by atoms with van der Waals surface area (Å²) in [6.45, 7) is 1.84. The van der Waals surface area contributed by atoms with Crippen LogP contribution in [0.2, 0.25) is 0 Å². The van der Waals surface area contributed by atoms with E-state index in [2.05, 4.69) is 20.3 Å². The normalized spacial score (nSPS) is 16.5. The maximum Gasteiger partial charge on any atom is 0.169 e. The largest absolute Gasteiger partial charge is 0.325 e. The van der Waals surface area contributed by atoms with E-state index >= 15 is 0 Å². The van der Waals surface area contributed by atoms with E-state index in [1.807, 2.05) is 35.5 Å². The third kappa shape index (κ3) is 2.42. The van der Waals surface area contributed by atoms with Gasteiger partial charge in [-0.1, -0.05) is 11.8 Å². The van der Waals surface area contributed by atoms with Crippen molar-refractivity contribution in [1.82, 2.24) is 24.1 Å². The van der Waals surface area contributed by atoms with Crippen LogP contribution in [0, 0.1) is 0 Å². The van der Waals surface area contributed by atoms with E-state index < -0.39 is 0 Å². The minimum absolute atomic E-state index is 0.764. The zero-order chi connectivity index (χ0) is 15.2. The summed E-state index contributed by atoms with van der Waals surface area (Å²) in [7, 11) is 0. The molecule has 23 heavy (non-hydrogen) atoms. The molecule has 3 aromatic heterocycles. The lowest BCUT2D eigenvalue weighted by molar-refractivity contribution is 0.682. The van der Waals surface area contributed by atoms with Crippen LogP contribution in [0.1, 0.15) is 29.1 Å². The standard InChI is InChI=1S/C16H17N5S2/c1-2-4-13-12(3-1)19-15(23-13)14-17-5-6-20(14)9-11-10-21-7-8-22-16(21)18-11/h5-6,10H,1-4,7-9H2. The number of rotatable bonds is 3. The Bertz CT molecular complexity index is 815. The zero-order valence-corrected chi connectivity index (χ0v) is 14.4. The molecule has 0 radical (unpaired) electrons. The van der Waals surface area contributed by atoms with Crippen molar-refractivity contribution < 1.29 is 0 Å².